The van der Waals surface area contributed by atoms with Crippen molar-refractivity contribution in [3.8, 4) is 0 Å². The van der Waals surface area contributed by atoms with Gasteiger partial charge in [0.25, 0.3) is 0 Å². The Hall–Kier alpha value is -2.27. The lowest BCUT2D eigenvalue weighted by Crippen LogP contribution is -2.46. The molecule has 0 bridgehead atoms. The van der Waals surface area contributed by atoms with Crippen molar-refractivity contribution < 1.29 is 32.4 Å². The molecule has 1 atom stereocenters. The number of carbonyl (C=O) groups excluding carboxylic acids is 2. The molecule has 1 aromatic rings. The molecule has 3 fully saturated rings. The molecule has 3 aliphatic heterocycles. The number of methoxy groups -OCH3 is 1. The van der Waals surface area contributed by atoms with Crippen LogP contribution in [0.25, 0.3) is 0 Å². The first-order chi connectivity index (χ1) is 14.9. The van der Waals surface area contributed by atoms with E-state index in [2.05, 4.69) is 10.1 Å². The molecule has 3 aliphatic rings. The highest BCUT2D eigenvalue weighted by Crippen LogP contribution is 2.37. The van der Waals surface area contributed by atoms with E-state index in [9.17, 15) is 22.9 Å². The summed E-state index contributed by atoms with van der Waals surface area (Å²) in [5.74, 6) is 0.926. The molecule has 0 aliphatic carbocycles. The van der Waals surface area contributed by atoms with Crippen molar-refractivity contribution in [3.63, 3.8) is 0 Å². The summed E-state index contributed by atoms with van der Waals surface area (Å²) in [5, 5.41) is 2.43. The summed E-state index contributed by atoms with van der Waals surface area (Å²) >= 11 is -0.693. The zero-order valence-corrected chi connectivity index (χ0v) is 18.0. The van der Waals surface area contributed by atoms with E-state index in [0.29, 0.717) is 24.9 Å². The average Bonchev–Trinajstić information content (AvgIpc) is 3.10. The van der Waals surface area contributed by atoms with Gasteiger partial charge in [0.15, 0.2) is 11.6 Å². The fourth-order valence-corrected chi connectivity index (χ4v) is 5.82. The van der Waals surface area contributed by atoms with Crippen LogP contribution in [-0.4, -0.2) is 67.6 Å². The Morgan fingerprint density at radius 3 is 2.48 bits per heavy atom. The molecule has 3 saturated heterocycles. The van der Waals surface area contributed by atoms with Gasteiger partial charge in [-0.15, -0.1) is 0 Å². The smallest absolute Gasteiger partial charge is 0.414 e. The van der Waals surface area contributed by atoms with E-state index in [-0.39, 0.29) is 24.5 Å². The molecule has 8 nitrogen and oxygen atoms in total. The maximum atomic E-state index is 14.9. The molecule has 0 saturated carbocycles. The standard InChI is InChI=1S/C20H25F2N3O5S/c1-29-19(26)23-8-15-9-25(20(27)30-15)14-6-16(21)18(17(22)7-14)24-4-2-12(3-5-24)13-10-31(28)11-13/h6-7,12-13,15H,2-5,8-11H2,1H3,(H,23,26). The van der Waals surface area contributed by atoms with Crippen LogP contribution >= 0.6 is 0 Å². The number of hydrogen-bond donors (Lipinski definition) is 1. The summed E-state index contributed by atoms with van der Waals surface area (Å²) in [6.07, 6.45) is -0.421. The molecule has 0 aromatic heterocycles. The quantitative estimate of drug-likeness (QED) is 0.682. The molecule has 4 rings (SSSR count). The molecular weight excluding hydrogens is 432 g/mol. The molecular formula is C20H25F2N3O5S. The largest absolute Gasteiger partial charge is 0.616 e. The van der Waals surface area contributed by atoms with E-state index in [4.69, 9.17) is 4.74 Å². The van der Waals surface area contributed by atoms with E-state index >= 15 is 0 Å². The Kier molecular flexibility index (Phi) is 6.42. The molecule has 170 valence electrons. The summed E-state index contributed by atoms with van der Waals surface area (Å²) in [4.78, 5) is 26.2. The predicted molar refractivity (Wildman–Crippen MR) is 111 cm³/mol. The van der Waals surface area contributed by atoms with Gasteiger partial charge in [0, 0.05) is 25.2 Å². The van der Waals surface area contributed by atoms with Crippen LogP contribution in [0.5, 0.6) is 0 Å². The summed E-state index contributed by atoms with van der Waals surface area (Å²) in [5.41, 5.74) is -0.0213. The second-order valence-corrected chi connectivity index (χ2v) is 9.65. The van der Waals surface area contributed by atoms with Gasteiger partial charge in [0.2, 0.25) is 0 Å². The number of carbonyl (C=O) groups is 2. The Morgan fingerprint density at radius 1 is 1.26 bits per heavy atom. The van der Waals surface area contributed by atoms with Crippen LogP contribution in [0.3, 0.4) is 0 Å². The molecule has 0 radical (unpaired) electrons. The molecule has 3 heterocycles. The molecule has 31 heavy (non-hydrogen) atoms. The van der Waals surface area contributed by atoms with Crippen LogP contribution in [0.1, 0.15) is 12.8 Å². The average molecular weight is 457 g/mol. The summed E-state index contributed by atoms with van der Waals surface area (Å²) in [6.45, 7) is 1.15. The third-order valence-corrected chi connectivity index (χ3v) is 7.77. The first-order valence-electron chi connectivity index (χ1n) is 10.2. The van der Waals surface area contributed by atoms with Crippen molar-refractivity contribution in [2.24, 2.45) is 11.8 Å². The Bertz CT molecular complexity index is 823. The number of halogens is 2. The highest BCUT2D eigenvalue weighted by atomic mass is 32.2. The second kappa shape index (κ2) is 9.07. The zero-order valence-electron chi connectivity index (χ0n) is 17.1. The van der Waals surface area contributed by atoms with Gasteiger partial charge in [0.05, 0.1) is 31.8 Å². The minimum absolute atomic E-state index is 0.0293. The number of alkyl carbamates (subject to hydrolysis) is 1. The first kappa shape index (κ1) is 21.9. The lowest BCUT2D eigenvalue weighted by atomic mass is 9.86. The lowest BCUT2D eigenvalue weighted by molar-refractivity contribution is 0.132. The SMILES string of the molecule is COC(=O)NCC1CN(c2cc(F)c(N3CCC(C4C[S+]([O-])C4)CC3)c(F)c2)C(=O)O1. The molecule has 1 aromatic carbocycles. The normalized spacial score (nSPS) is 26.5. The van der Waals surface area contributed by atoms with Gasteiger partial charge in [-0.1, -0.05) is 11.2 Å². The zero-order chi connectivity index (χ0) is 22.1. The maximum Gasteiger partial charge on any atom is 0.414 e. The van der Waals surface area contributed by atoms with Crippen LogP contribution in [0.2, 0.25) is 0 Å². The highest BCUT2D eigenvalue weighted by Gasteiger charge is 2.40. The van der Waals surface area contributed by atoms with Gasteiger partial charge in [0.1, 0.15) is 23.3 Å². The number of nitrogens with zero attached hydrogens (tertiary/aromatic N) is 2. The number of anilines is 2. The van der Waals surface area contributed by atoms with Crippen molar-refractivity contribution in [2.45, 2.75) is 18.9 Å². The summed E-state index contributed by atoms with van der Waals surface area (Å²) < 4.78 is 50.7. The van der Waals surface area contributed by atoms with Crippen molar-refractivity contribution in [2.75, 3.05) is 54.6 Å². The van der Waals surface area contributed by atoms with Crippen LogP contribution in [0.4, 0.5) is 29.7 Å². The number of hydrogen-bond acceptors (Lipinski definition) is 6. The van der Waals surface area contributed by atoms with Crippen molar-refractivity contribution in [3.05, 3.63) is 23.8 Å². The van der Waals surface area contributed by atoms with Crippen LogP contribution in [0, 0.1) is 23.5 Å². The van der Waals surface area contributed by atoms with Gasteiger partial charge in [-0.3, -0.25) is 4.90 Å². The number of amides is 2. The minimum atomic E-state index is -0.734. The van der Waals surface area contributed by atoms with E-state index in [1.807, 2.05) is 0 Å². The molecule has 11 heteroatoms. The second-order valence-electron chi connectivity index (χ2n) is 8.10. The third-order valence-electron chi connectivity index (χ3n) is 6.17. The fourth-order valence-electron chi connectivity index (χ4n) is 4.41. The van der Waals surface area contributed by atoms with E-state index in [1.165, 1.54) is 7.11 Å². The van der Waals surface area contributed by atoms with Gasteiger partial charge < -0.3 is 24.2 Å². The number of nitrogens with one attached hydrogen (secondary N) is 1. The van der Waals surface area contributed by atoms with E-state index < -0.39 is 41.1 Å². The summed E-state index contributed by atoms with van der Waals surface area (Å²) in [6, 6.07) is 2.27. The van der Waals surface area contributed by atoms with Crippen molar-refractivity contribution >= 4 is 34.7 Å². The van der Waals surface area contributed by atoms with Gasteiger partial charge in [-0.25, -0.2) is 18.4 Å². The first-order valence-corrected chi connectivity index (χ1v) is 11.7. The number of benzene rings is 1. The third kappa shape index (κ3) is 4.67. The number of cyclic esters (lactones) is 1. The number of piperidine rings is 1. The minimum Gasteiger partial charge on any atom is -0.616 e. The summed E-state index contributed by atoms with van der Waals surface area (Å²) in [7, 11) is 1.22. The molecule has 0 spiro atoms. The van der Waals surface area contributed by atoms with Gasteiger partial charge in [-0.2, -0.15) is 0 Å². The highest BCUT2D eigenvalue weighted by molar-refractivity contribution is 7.92. The van der Waals surface area contributed by atoms with Crippen molar-refractivity contribution in [1.29, 1.82) is 0 Å². The fraction of sp³-hybridized carbons (Fsp3) is 0.600. The Morgan fingerprint density at radius 2 is 1.90 bits per heavy atom. The maximum absolute atomic E-state index is 14.9. The van der Waals surface area contributed by atoms with Crippen molar-refractivity contribution in [1.82, 2.24) is 5.32 Å². The van der Waals surface area contributed by atoms with Crippen LogP contribution < -0.4 is 15.1 Å². The topological polar surface area (TPSA) is 94.2 Å². The molecule has 2 amide bonds. The van der Waals surface area contributed by atoms with Gasteiger partial charge in [-0.05, 0) is 18.8 Å². The number of rotatable bonds is 5. The molecule has 1 N–H and O–H groups in total. The monoisotopic (exact) mass is 457 g/mol. The van der Waals surface area contributed by atoms with Crippen LogP contribution in [-0.2, 0) is 20.6 Å². The molecule has 1 unspecified atom stereocenters. The van der Waals surface area contributed by atoms with E-state index in [0.717, 1.165) is 41.4 Å². The van der Waals surface area contributed by atoms with Crippen LogP contribution in [0.15, 0.2) is 12.1 Å². The van der Waals surface area contributed by atoms with Gasteiger partial charge >= 0.3 is 12.2 Å². The van der Waals surface area contributed by atoms with E-state index in [1.54, 1.807) is 4.90 Å². The predicted octanol–water partition coefficient (Wildman–Crippen LogP) is 2.24. The number of ether oxygens (including phenoxy) is 2. The Balaban J connectivity index is 1.39. The Labute approximate surface area is 182 Å². The lowest BCUT2D eigenvalue weighted by Gasteiger charge is -2.40.